The molecule has 0 radical (unpaired) electrons. The van der Waals surface area contributed by atoms with Gasteiger partial charge in [0, 0.05) is 29.7 Å². The number of aromatic nitrogens is 2. The lowest BCUT2D eigenvalue weighted by molar-refractivity contribution is 0.394. The lowest BCUT2D eigenvalue weighted by Gasteiger charge is -2.19. The van der Waals surface area contributed by atoms with Crippen molar-refractivity contribution in [1.29, 1.82) is 0 Å². The lowest BCUT2D eigenvalue weighted by atomic mass is 10.0. The Morgan fingerprint density at radius 2 is 2.06 bits per heavy atom. The normalized spacial score (nSPS) is 19.1. The molecule has 0 aliphatic carbocycles. The van der Waals surface area contributed by atoms with Crippen LogP contribution in [0.25, 0.3) is 11.3 Å². The van der Waals surface area contributed by atoms with Crippen LogP contribution in [0.1, 0.15) is 19.2 Å². The molecule has 1 aromatic heterocycles. The molecule has 3 heteroatoms. The molecule has 0 bridgehead atoms. The summed E-state index contributed by atoms with van der Waals surface area (Å²) in [5, 5.41) is 0.770. The molecule has 0 fully saturated rings. The molecule has 1 aliphatic rings. The molecule has 0 spiro atoms. The number of hydrogen-bond donors (Lipinski definition) is 0. The third-order valence-corrected chi connectivity index (χ3v) is 3.62. The molecule has 2 heterocycles. The third-order valence-electron chi connectivity index (χ3n) is 3.37. The maximum absolute atomic E-state index is 5.89. The zero-order valence-corrected chi connectivity index (χ0v) is 10.6. The van der Waals surface area contributed by atoms with Crippen molar-refractivity contribution in [2.45, 2.75) is 26.3 Å². The van der Waals surface area contributed by atoms with Crippen LogP contribution >= 0.6 is 11.6 Å². The van der Waals surface area contributed by atoms with E-state index in [0.717, 1.165) is 35.2 Å². The van der Waals surface area contributed by atoms with Gasteiger partial charge in [0.05, 0.1) is 5.69 Å². The first-order chi connectivity index (χ1) is 8.22. The Kier molecular flexibility index (Phi) is 2.67. The van der Waals surface area contributed by atoms with E-state index in [1.807, 2.05) is 24.3 Å². The molecule has 3 rings (SSSR count). The van der Waals surface area contributed by atoms with E-state index in [4.69, 9.17) is 16.6 Å². The molecule has 1 atom stereocenters. The predicted molar refractivity (Wildman–Crippen MR) is 70.2 cm³/mol. The fourth-order valence-corrected chi connectivity index (χ4v) is 2.50. The highest BCUT2D eigenvalue weighted by molar-refractivity contribution is 6.30. The summed E-state index contributed by atoms with van der Waals surface area (Å²) in [6, 6.07) is 7.88. The Morgan fingerprint density at radius 3 is 2.82 bits per heavy atom. The van der Waals surface area contributed by atoms with Crippen LogP contribution < -0.4 is 0 Å². The Hall–Kier alpha value is -1.28. The van der Waals surface area contributed by atoms with Crippen molar-refractivity contribution in [2.75, 3.05) is 0 Å². The summed E-state index contributed by atoms with van der Waals surface area (Å²) in [5.41, 5.74) is 2.20. The Bertz CT molecular complexity index is 528. The SMILES string of the molecule is CC1CCc2nc(-c3ccc(Cl)cc3)cn2C1. The molecule has 2 aromatic rings. The Balaban J connectivity index is 1.97. The first kappa shape index (κ1) is 10.8. The molecule has 0 saturated carbocycles. The van der Waals surface area contributed by atoms with Crippen molar-refractivity contribution in [3.63, 3.8) is 0 Å². The van der Waals surface area contributed by atoms with E-state index >= 15 is 0 Å². The van der Waals surface area contributed by atoms with Gasteiger partial charge in [-0.15, -0.1) is 0 Å². The van der Waals surface area contributed by atoms with Crippen LogP contribution in [0, 0.1) is 5.92 Å². The van der Waals surface area contributed by atoms with Gasteiger partial charge in [-0.2, -0.15) is 0 Å². The van der Waals surface area contributed by atoms with Crippen molar-refractivity contribution in [1.82, 2.24) is 9.55 Å². The highest BCUT2D eigenvalue weighted by atomic mass is 35.5. The summed E-state index contributed by atoms with van der Waals surface area (Å²) < 4.78 is 2.29. The number of halogens is 1. The van der Waals surface area contributed by atoms with Gasteiger partial charge < -0.3 is 4.57 Å². The highest BCUT2D eigenvalue weighted by Gasteiger charge is 2.17. The summed E-state index contributed by atoms with van der Waals surface area (Å²) in [4.78, 5) is 4.71. The molecular formula is C14H15ClN2. The van der Waals surface area contributed by atoms with Gasteiger partial charge in [-0.3, -0.25) is 0 Å². The second-order valence-corrected chi connectivity index (χ2v) is 5.28. The van der Waals surface area contributed by atoms with Gasteiger partial charge in [-0.05, 0) is 24.5 Å². The summed E-state index contributed by atoms with van der Waals surface area (Å²) in [6.45, 7) is 3.39. The summed E-state index contributed by atoms with van der Waals surface area (Å²) >= 11 is 5.89. The van der Waals surface area contributed by atoms with E-state index in [0.29, 0.717) is 0 Å². The summed E-state index contributed by atoms with van der Waals surface area (Å²) in [5.74, 6) is 1.97. The number of hydrogen-bond acceptors (Lipinski definition) is 1. The number of nitrogens with zero attached hydrogens (tertiary/aromatic N) is 2. The number of benzene rings is 1. The first-order valence-electron chi connectivity index (χ1n) is 6.04. The van der Waals surface area contributed by atoms with Crippen molar-refractivity contribution >= 4 is 11.6 Å². The van der Waals surface area contributed by atoms with E-state index in [1.54, 1.807) is 0 Å². The third kappa shape index (κ3) is 2.09. The zero-order valence-electron chi connectivity index (χ0n) is 9.86. The van der Waals surface area contributed by atoms with Crippen molar-refractivity contribution < 1.29 is 0 Å². The monoisotopic (exact) mass is 246 g/mol. The van der Waals surface area contributed by atoms with E-state index in [2.05, 4.69) is 17.7 Å². The van der Waals surface area contributed by atoms with Gasteiger partial charge in [0.1, 0.15) is 5.82 Å². The van der Waals surface area contributed by atoms with Crippen molar-refractivity contribution in [3.8, 4) is 11.3 Å². The van der Waals surface area contributed by atoms with E-state index in [1.165, 1.54) is 12.2 Å². The predicted octanol–water partition coefficient (Wildman–Crippen LogP) is 3.79. The highest BCUT2D eigenvalue weighted by Crippen LogP contribution is 2.25. The lowest BCUT2D eigenvalue weighted by Crippen LogP contribution is -2.17. The fourth-order valence-electron chi connectivity index (χ4n) is 2.37. The first-order valence-corrected chi connectivity index (χ1v) is 6.42. The van der Waals surface area contributed by atoms with Crippen molar-refractivity contribution in [3.05, 3.63) is 41.3 Å². The number of imidazole rings is 1. The number of fused-ring (bicyclic) bond motifs is 1. The minimum absolute atomic E-state index is 0.759. The molecule has 17 heavy (non-hydrogen) atoms. The molecule has 88 valence electrons. The van der Waals surface area contributed by atoms with Crippen LogP contribution in [0.5, 0.6) is 0 Å². The van der Waals surface area contributed by atoms with E-state index < -0.39 is 0 Å². The largest absolute Gasteiger partial charge is 0.334 e. The van der Waals surface area contributed by atoms with Crippen molar-refractivity contribution in [2.24, 2.45) is 5.92 Å². The standard InChI is InChI=1S/C14H15ClN2/c1-10-2-7-14-16-13(9-17(14)8-10)11-3-5-12(15)6-4-11/h3-6,9-10H,2,7-8H2,1H3. The van der Waals surface area contributed by atoms with Crippen LogP contribution in [0.3, 0.4) is 0 Å². The molecular weight excluding hydrogens is 232 g/mol. The topological polar surface area (TPSA) is 17.8 Å². The molecule has 1 aliphatic heterocycles. The molecule has 2 nitrogen and oxygen atoms in total. The summed E-state index contributed by atoms with van der Waals surface area (Å²) in [7, 11) is 0. The smallest absolute Gasteiger partial charge is 0.109 e. The van der Waals surface area contributed by atoms with Gasteiger partial charge in [0.25, 0.3) is 0 Å². The maximum Gasteiger partial charge on any atom is 0.109 e. The average Bonchev–Trinajstić information content (AvgIpc) is 2.72. The molecule has 0 saturated heterocycles. The minimum Gasteiger partial charge on any atom is -0.334 e. The number of aryl methyl sites for hydroxylation is 1. The minimum atomic E-state index is 0.759. The van der Waals surface area contributed by atoms with E-state index in [9.17, 15) is 0 Å². The quantitative estimate of drug-likeness (QED) is 0.749. The van der Waals surface area contributed by atoms with Gasteiger partial charge in [-0.25, -0.2) is 4.98 Å². The van der Waals surface area contributed by atoms with Gasteiger partial charge >= 0.3 is 0 Å². The van der Waals surface area contributed by atoms with Crippen LogP contribution in [-0.4, -0.2) is 9.55 Å². The maximum atomic E-state index is 5.89. The molecule has 1 unspecified atom stereocenters. The van der Waals surface area contributed by atoms with Crippen LogP contribution in [0.4, 0.5) is 0 Å². The number of rotatable bonds is 1. The molecule has 1 aromatic carbocycles. The fraction of sp³-hybridized carbons (Fsp3) is 0.357. The van der Waals surface area contributed by atoms with E-state index in [-0.39, 0.29) is 0 Å². The van der Waals surface area contributed by atoms with Crippen LogP contribution in [0.15, 0.2) is 30.5 Å². The average molecular weight is 247 g/mol. The second kappa shape index (κ2) is 4.19. The second-order valence-electron chi connectivity index (χ2n) is 4.85. The zero-order chi connectivity index (χ0) is 11.8. The van der Waals surface area contributed by atoms with Gasteiger partial charge in [0.15, 0.2) is 0 Å². The van der Waals surface area contributed by atoms with Crippen LogP contribution in [0.2, 0.25) is 5.02 Å². The Morgan fingerprint density at radius 1 is 1.29 bits per heavy atom. The Labute approximate surface area is 106 Å². The summed E-state index contributed by atoms with van der Waals surface area (Å²) in [6.07, 6.45) is 4.50. The van der Waals surface area contributed by atoms with Gasteiger partial charge in [-0.1, -0.05) is 30.7 Å². The van der Waals surface area contributed by atoms with Crippen LogP contribution in [-0.2, 0) is 13.0 Å². The molecule has 0 N–H and O–H groups in total. The van der Waals surface area contributed by atoms with Gasteiger partial charge in [0.2, 0.25) is 0 Å². The molecule has 0 amide bonds.